The highest BCUT2D eigenvalue weighted by atomic mass is 16.5. The number of rotatable bonds is 3. The lowest BCUT2D eigenvalue weighted by Gasteiger charge is -2.02. The van der Waals surface area contributed by atoms with Crippen LogP contribution in [-0.4, -0.2) is 23.9 Å². The maximum Gasteiger partial charge on any atom is 0.213 e. The second-order valence-electron chi connectivity index (χ2n) is 1.85. The van der Waals surface area contributed by atoms with Crippen molar-refractivity contribution in [3.05, 3.63) is 12.2 Å². The van der Waals surface area contributed by atoms with Gasteiger partial charge in [0.1, 0.15) is 0 Å². The molecule has 5 nitrogen and oxygen atoms in total. The van der Waals surface area contributed by atoms with Gasteiger partial charge in [-0.15, -0.1) is 0 Å². The van der Waals surface area contributed by atoms with Crippen LogP contribution in [-0.2, 0) is 4.74 Å². The molecule has 0 aromatic carbocycles. The molecule has 0 saturated carbocycles. The second-order valence-corrected chi connectivity index (χ2v) is 1.85. The third-order valence-electron chi connectivity index (χ3n) is 1.06. The summed E-state index contributed by atoms with van der Waals surface area (Å²) in [5, 5.41) is 3.54. The summed E-state index contributed by atoms with van der Waals surface area (Å²) in [6.07, 6.45) is 1.24. The Hall–Kier alpha value is -0.940. The highest BCUT2D eigenvalue weighted by Gasteiger charge is 2.08. The Morgan fingerprint density at radius 1 is 1.90 bits per heavy atom. The van der Waals surface area contributed by atoms with E-state index in [9.17, 15) is 0 Å². The molecule has 0 aliphatic heterocycles. The van der Waals surface area contributed by atoms with Gasteiger partial charge < -0.3 is 15.0 Å². The number of nitrogens with zero attached hydrogens (tertiary/aromatic N) is 2. The third-order valence-corrected chi connectivity index (χ3v) is 1.06. The van der Waals surface area contributed by atoms with E-state index in [0.717, 1.165) is 0 Å². The van der Waals surface area contributed by atoms with Crippen LogP contribution in [0.3, 0.4) is 0 Å². The molecular weight excluding hydrogens is 134 g/mol. The molecule has 1 heterocycles. The average molecular weight is 143 g/mol. The highest BCUT2D eigenvalue weighted by molar-refractivity contribution is 4.87. The molecule has 1 aromatic heterocycles. The smallest absolute Gasteiger partial charge is 0.213 e. The molecule has 1 atom stereocenters. The molecule has 0 fully saturated rings. The fraction of sp³-hybridized carbons (Fsp3) is 0.600. The minimum Gasteiger partial charge on any atom is -0.383 e. The number of aromatic nitrogens is 2. The van der Waals surface area contributed by atoms with Gasteiger partial charge in [-0.1, -0.05) is 5.16 Å². The topological polar surface area (TPSA) is 74.2 Å². The Bertz CT molecular complexity index is 175. The lowest BCUT2D eigenvalue weighted by atomic mass is 10.3. The maximum absolute atomic E-state index is 5.54. The van der Waals surface area contributed by atoms with Gasteiger partial charge in [-0.2, -0.15) is 4.98 Å². The Morgan fingerprint density at radius 3 is 3.20 bits per heavy atom. The van der Waals surface area contributed by atoms with Gasteiger partial charge in [-0.05, 0) is 0 Å². The molecule has 0 aliphatic rings. The summed E-state index contributed by atoms with van der Waals surface area (Å²) in [4.78, 5) is 3.75. The Kier molecular flexibility index (Phi) is 2.35. The molecule has 56 valence electrons. The van der Waals surface area contributed by atoms with Gasteiger partial charge in [0.05, 0.1) is 12.6 Å². The Morgan fingerprint density at radius 2 is 2.70 bits per heavy atom. The SMILES string of the molecule is COC[C@@H](N)c1ncon1. The normalized spacial score (nSPS) is 13.4. The van der Waals surface area contributed by atoms with Crippen LogP contribution in [0.5, 0.6) is 0 Å². The predicted molar refractivity (Wildman–Crippen MR) is 33.1 cm³/mol. The summed E-state index contributed by atoms with van der Waals surface area (Å²) in [5.41, 5.74) is 5.54. The summed E-state index contributed by atoms with van der Waals surface area (Å²) >= 11 is 0. The Balaban J connectivity index is 2.50. The van der Waals surface area contributed by atoms with E-state index >= 15 is 0 Å². The van der Waals surface area contributed by atoms with E-state index in [0.29, 0.717) is 12.4 Å². The molecule has 0 bridgehead atoms. The third kappa shape index (κ3) is 1.52. The molecule has 1 aromatic rings. The first-order valence-electron chi connectivity index (χ1n) is 2.85. The van der Waals surface area contributed by atoms with Crippen molar-refractivity contribution in [1.82, 2.24) is 10.1 Å². The zero-order chi connectivity index (χ0) is 7.40. The van der Waals surface area contributed by atoms with Gasteiger partial charge >= 0.3 is 0 Å². The summed E-state index contributed by atoms with van der Waals surface area (Å²) in [6, 6.07) is -0.288. The molecule has 1 rings (SSSR count). The van der Waals surface area contributed by atoms with Gasteiger partial charge in [-0.25, -0.2) is 0 Å². The van der Waals surface area contributed by atoms with Crippen LogP contribution in [0.1, 0.15) is 11.9 Å². The van der Waals surface area contributed by atoms with Gasteiger partial charge in [0.15, 0.2) is 5.82 Å². The van der Waals surface area contributed by atoms with E-state index < -0.39 is 0 Å². The largest absolute Gasteiger partial charge is 0.383 e. The minimum absolute atomic E-state index is 0.288. The second kappa shape index (κ2) is 3.28. The van der Waals surface area contributed by atoms with Gasteiger partial charge in [-0.3, -0.25) is 0 Å². The Labute approximate surface area is 58.2 Å². The molecule has 0 radical (unpaired) electrons. The van der Waals surface area contributed by atoms with Gasteiger partial charge in [0, 0.05) is 7.11 Å². The maximum atomic E-state index is 5.54. The first kappa shape index (κ1) is 7.17. The van der Waals surface area contributed by atoms with Gasteiger partial charge in [0.25, 0.3) is 0 Å². The molecule has 0 spiro atoms. The van der Waals surface area contributed by atoms with Crippen LogP contribution in [0.2, 0.25) is 0 Å². The van der Waals surface area contributed by atoms with E-state index in [1.165, 1.54) is 6.39 Å². The quantitative estimate of drug-likeness (QED) is 0.629. The number of ether oxygens (including phenoxy) is 1. The molecule has 5 heteroatoms. The van der Waals surface area contributed by atoms with E-state index in [2.05, 4.69) is 14.7 Å². The van der Waals surface area contributed by atoms with Crippen molar-refractivity contribution in [2.45, 2.75) is 6.04 Å². The van der Waals surface area contributed by atoms with Gasteiger partial charge in [0.2, 0.25) is 6.39 Å². The molecule has 0 saturated heterocycles. The minimum atomic E-state index is -0.288. The monoisotopic (exact) mass is 143 g/mol. The average Bonchev–Trinajstić information content (AvgIpc) is 2.38. The lowest BCUT2D eigenvalue weighted by Crippen LogP contribution is -2.17. The number of nitrogens with two attached hydrogens (primary N) is 1. The van der Waals surface area contributed by atoms with Crippen LogP contribution >= 0.6 is 0 Å². The molecule has 0 unspecified atom stereocenters. The van der Waals surface area contributed by atoms with E-state index in [-0.39, 0.29) is 6.04 Å². The fourth-order valence-electron chi connectivity index (χ4n) is 0.596. The zero-order valence-corrected chi connectivity index (χ0v) is 5.65. The van der Waals surface area contributed by atoms with Crippen LogP contribution < -0.4 is 5.73 Å². The van der Waals surface area contributed by atoms with E-state index in [1.54, 1.807) is 7.11 Å². The van der Waals surface area contributed by atoms with Crippen molar-refractivity contribution in [3.63, 3.8) is 0 Å². The summed E-state index contributed by atoms with van der Waals surface area (Å²) in [6.45, 7) is 0.402. The molecule has 0 aliphatic carbocycles. The molecular formula is C5H9N3O2. The standard InChI is InChI=1S/C5H9N3O2/c1-9-2-4(6)5-7-3-10-8-5/h3-4H,2,6H2,1H3/t4-/m1/s1. The fourth-order valence-corrected chi connectivity index (χ4v) is 0.596. The van der Waals surface area contributed by atoms with Crippen LogP contribution in [0.15, 0.2) is 10.9 Å². The molecule has 2 N–H and O–H groups in total. The van der Waals surface area contributed by atoms with Crippen LogP contribution in [0.4, 0.5) is 0 Å². The zero-order valence-electron chi connectivity index (χ0n) is 5.65. The first-order valence-corrected chi connectivity index (χ1v) is 2.85. The number of hydrogen-bond acceptors (Lipinski definition) is 5. The molecule has 0 amide bonds. The number of methoxy groups -OCH3 is 1. The van der Waals surface area contributed by atoms with Crippen LogP contribution in [0.25, 0.3) is 0 Å². The predicted octanol–water partition coefficient (Wildman–Crippen LogP) is -0.284. The van der Waals surface area contributed by atoms with E-state index in [4.69, 9.17) is 10.5 Å². The van der Waals surface area contributed by atoms with Crippen molar-refractivity contribution < 1.29 is 9.26 Å². The van der Waals surface area contributed by atoms with Crippen molar-refractivity contribution in [3.8, 4) is 0 Å². The summed E-state index contributed by atoms with van der Waals surface area (Å²) in [5.74, 6) is 0.474. The summed E-state index contributed by atoms with van der Waals surface area (Å²) < 4.78 is 9.27. The highest BCUT2D eigenvalue weighted by Crippen LogP contribution is 2.01. The van der Waals surface area contributed by atoms with Crippen molar-refractivity contribution >= 4 is 0 Å². The first-order chi connectivity index (χ1) is 4.84. The van der Waals surface area contributed by atoms with Crippen LogP contribution in [0, 0.1) is 0 Å². The summed E-state index contributed by atoms with van der Waals surface area (Å²) in [7, 11) is 1.57. The lowest BCUT2D eigenvalue weighted by molar-refractivity contribution is 0.177. The van der Waals surface area contributed by atoms with Crippen molar-refractivity contribution in [2.75, 3.05) is 13.7 Å². The van der Waals surface area contributed by atoms with Crippen molar-refractivity contribution in [1.29, 1.82) is 0 Å². The van der Waals surface area contributed by atoms with Crippen molar-refractivity contribution in [2.24, 2.45) is 5.73 Å². The van der Waals surface area contributed by atoms with E-state index in [1.807, 2.05) is 0 Å². The number of hydrogen-bond donors (Lipinski definition) is 1. The molecule has 10 heavy (non-hydrogen) atoms.